The monoisotopic (exact) mass is 417 g/mol. The molecule has 5 rings (SSSR count). The van der Waals surface area contributed by atoms with Crippen molar-refractivity contribution < 1.29 is 9.18 Å². The Bertz CT molecular complexity index is 1290. The fraction of sp³-hybridized carbons (Fsp3) is 0.167. The van der Waals surface area contributed by atoms with Gasteiger partial charge >= 0.3 is 0 Å². The lowest BCUT2D eigenvalue weighted by Crippen LogP contribution is -2.13. The number of carbonyl (C=O) groups excluding carboxylic acids is 1. The van der Waals surface area contributed by atoms with Crippen LogP contribution in [0, 0.1) is 12.7 Å². The first-order valence-corrected chi connectivity index (χ1v) is 10.7. The Hall–Kier alpha value is -3.25. The van der Waals surface area contributed by atoms with Crippen molar-refractivity contribution in [1.82, 2.24) is 4.98 Å². The first-order chi connectivity index (χ1) is 14.5. The van der Waals surface area contributed by atoms with Gasteiger partial charge in [-0.25, -0.2) is 9.37 Å². The van der Waals surface area contributed by atoms with Crippen LogP contribution in [0.5, 0.6) is 0 Å². The molecule has 0 saturated heterocycles. The van der Waals surface area contributed by atoms with Crippen molar-refractivity contribution >= 4 is 38.8 Å². The van der Waals surface area contributed by atoms with E-state index in [1.807, 2.05) is 0 Å². The van der Waals surface area contributed by atoms with Gasteiger partial charge in [-0.15, -0.1) is 11.3 Å². The van der Waals surface area contributed by atoms with Gasteiger partial charge in [0.15, 0.2) is 0 Å². The topological polar surface area (TPSA) is 68.0 Å². The van der Waals surface area contributed by atoms with Crippen LogP contribution in [0.25, 0.3) is 21.3 Å². The van der Waals surface area contributed by atoms with Crippen molar-refractivity contribution in [2.75, 3.05) is 11.1 Å². The summed E-state index contributed by atoms with van der Waals surface area (Å²) >= 11 is 1.26. The maximum atomic E-state index is 14.0. The molecule has 3 N–H and O–H groups in total. The van der Waals surface area contributed by atoms with Crippen molar-refractivity contribution in [3.63, 3.8) is 0 Å². The first kappa shape index (κ1) is 18.8. The average Bonchev–Trinajstić information content (AvgIpc) is 3.33. The molecule has 2 aromatic carbocycles. The molecule has 0 spiro atoms. The molecule has 0 unspecified atom stereocenters. The molecule has 0 fully saturated rings. The van der Waals surface area contributed by atoms with Gasteiger partial charge in [-0.05, 0) is 55.0 Å². The van der Waals surface area contributed by atoms with Crippen LogP contribution in [0.3, 0.4) is 0 Å². The molecule has 0 radical (unpaired) electrons. The van der Waals surface area contributed by atoms with Gasteiger partial charge in [0, 0.05) is 11.1 Å². The molecule has 0 bridgehead atoms. The molecular formula is C24H20FN3OS. The summed E-state index contributed by atoms with van der Waals surface area (Å²) in [5.41, 5.74) is 12.7. The summed E-state index contributed by atoms with van der Waals surface area (Å²) in [7, 11) is 0. The molecule has 150 valence electrons. The first-order valence-electron chi connectivity index (χ1n) is 9.89. The minimum Gasteiger partial charge on any atom is -0.397 e. The number of para-hydroxylation sites is 1. The number of aromatic nitrogens is 1. The van der Waals surface area contributed by atoms with Crippen LogP contribution >= 0.6 is 11.3 Å². The molecule has 0 saturated carbocycles. The number of carbonyl (C=O) groups is 1. The molecule has 1 aliphatic rings. The van der Waals surface area contributed by atoms with Gasteiger partial charge in [0.2, 0.25) is 0 Å². The Balaban J connectivity index is 1.67. The standard InChI is InChI=1S/C24H20FN3OS/c1-13-9-11-14(12-10-13)19-15-5-4-8-17(15)28-24-20(19)21(26)22(30-24)23(29)27-18-7-3-2-6-16(18)25/h2-3,6-7,9-12H,4-5,8,26H2,1H3,(H,27,29). The molecule has 1 amide bonds. The van der Waals surface area contributed by atoms with Crippen LogP contribution in [0.4, 0.5) is 15.8 Å². The number of nitrogens with one attached hydrogen (secondary N) is 1. The Morgan fingerprint density at radius 2 is 1.90 bits per heavy atom. The van der Waals surface area contributed by atoms with Gasteiger partial charge in [-0.2, -0.15) is 0 Å². The third-order valence-electron chi connectivity index (χ3n) is 5.57. The second-order valence-corrected chi connectivity index (χ2v) is 8.59. The number of pyridine rings is 1. The highest BCUT2D eigenvalue weighted by Gasteiger charge is 2.26. The van der Waals surface area contributed by atoms with E-state index in [2.05, 4.69) is 36.5 Å². The van der Waals surface area contributed by atoms with Crippen LogP contribution in [0.15, 0.2) is 48.5 Å². The van der Waals surface area contributed by atoms with E-state index in [4.69, 9.17) is 10.7 Å². The molecule has 1 aliphatic carbocycles. The number of rotatable bonds is 3. The van der Waals surface area contributed by atoms with Crippen LogP contribution in [0.1, 0.15) is 32.9 Å². The third-order valence-corrected chi connectivity index (χ3v) is 6.67. The minimum absolute atomic E-state index is 0.133. The van der Waals surface area contributed by atoms with E-state index in [9.17, 15) is 9.18 Å². The highest BCUT2D eigenvalue weighted by molar-refractivity contribution is 7.21. The number of nitrogens with zero attached hydrogens (tertiary/aromatic N) is 1. The van der Waals surface area contributed by atoms with E-state index in [1.165, 1.54) is 34.6 Å². The summed E-state index contributed by atoms with van der Waals surface area (Å²) in [4.78, 5) is 18.9. The SMILES string of the molecule is Cc1ccc(-c2c3c(nc4sc(C(=O)Nc5ccccc5F)c(N)c24)CCC3)cc1. The number of hydrogen-bond donors (Lipinski definition) is 2. The fourth-order valence-corrected chi connectivity index (χ4v) is 5.11. The molecule has 0 atom stereocenters. The molecule has 4 aromatic rings. The second kappa shape index (κ2) is 7.22. The summed E-state index contributed by atoms with van der Waals surface area (Å²) in [5, 5.41) is 3.46. The molecular weight excluding hydrogens is 397 g/mol. The number of fused-ring (bicyclic) bond motifs is 2. The van der Waals surface area contributed by atoms with Crippen LogP contribution in [0.2, 0.25) is 0 Å². The van der Waals surface area contributed by atoms with E-state index in [-0.39, 0.29) is 5.69 Å². The summed E-state index contributed by atoms with van der Waals surface area (Å²) < 4.78 is 14.0. The maximum Gasteiger partial charge on any atom is 0.268 e. The Morgan fingerprint density at radius 3 is 2.67 bits per heavy atom. The van der Waals surface area contributed by atoms with Crippen molar-refractivity contribution in [3.05, 3.63) is 76.0 Å². The van der Waals surface area contributed by atoms with Crippen LogP contribution in [-0.2, 0) is 12.8 Å². The lowest BCUT2D eigenvalue weighted by atomic mass is 9.95. The number of anilines is 2. The van der Waals surface area contributed by atoms with Gasteiger partial charge in [0.1, 0.15) is 15.5 Å². The molecule has 0 aliphatic heterocycles. The largest absolute Gasteiger partial charge is 0.397 e. The third kappa shape index (κ3) is 3.04. The predicted molar refractivity (Wildman–Crippen MR) is 121 cm³/mol. The Morgan fingerprint density at radius 1 is 1.13 bits per heavy atom. The molecule has 30 heavy (non-hydrogen) atoms. The smallest absolute Gasteiger partial charge is 0.268 e. The van der Waals surface area contributed by atoms with Crippen molar-refractivity contribution in [2.24, 2.45) is 0 Å². The molecule has 2 aromatic heterocycles. The fourth-order valence-electron chi connectivity index (χ4n) is 4.09. The number of halogens is 1. The molecule has 6 heteroatoms. The maximum absolute atomic E-state index is 14.0. The van der Waals surface area contributed by atoms with Gasteiger partial charge in [-0.1, -0.05) is 42.0 Å². The summed E-state index contributed by atoms with van der Waals surface area (Å²) in [5.74, 6) is -0.904. The van der Waals surface area contributed by atoms with Crippen molar-refractivity contribution in [2.45, 2.75) is 26.2 Å². The van der Waals surface area contributed by atoms with Crippen LogP contribution in [-0.4, -0.2) is 10.9 Å². The Kier molecular flexibility index (Phi) is 4.51. The summed E-state index contributed by atoms with van der Waals surface area (Å²) in [6.07, 6.45) is 2.95. The van der Waals surface area contributed by atoms with Gasteiger partial charge in [-0.3, -0.25) is 4.79 Å². The van der Waals surface area contributed by atoms with Crippen molar-refractivity contribution in [3.8, 4) is 11.1 Å². The number of nitrogen functional groups attached to an aromatic ring is 1. The molecule has 2 heterocycles. The van der Waals surface area contributed by atoms with E-state index in [0.717, 1.165) is 46.3 Å². The quantitative estimate of drug-likeness (QED) is 0.447. The summed E-state index contributed by atoms with van der Waals surface area (Å²) in [6.45, 7) is 2.06. The lowest BCUT2D eigenvalue weighted by molar-refractivity contribution is 0.103. The van der Waals surface area contributed by atoms with Crippen molar-refractivity contribution in [1.29, 1.82) is 0 Å². The minimum atomic E-state index is -0.483. The van der Waals surface area contributed by atoms with Gasteiger partial charge < -0.3 is 11.1 Å². The highest BCUT2D eigenvalue weighted by atomic mass is 32.1. The van der Waals surface area contributed by atoms with E-state index in [0.29, 0.717) is 10.6 Å². The van der Waals surface area contributed by atoms with Gasteiger partial charge in [0.25, 0.3) is 5.91 Å². The van der Waals surface area contributed by atoms with E-state index in [1.54, 1.807) is 12.1 Å². The zero-order valence-electron chi connectivity index (χ0n) is 16.5. The zero-order valence-corrected chi connectivity index (χ0v) is 17.3. The van der Waals surface area contributed by atoms with Crippen LogP contribution < -0.4 is 11.1 Å². The number of nitrogens with two attached hydrogens (primary N) is 1. The predicted octanol–water partition coefficient (Wildman–Crippen LogP) is 5.73. The van der Waals surface area contributed by atoms with E-state index >= 15 is 0 Å². The number of amides is 1. The highest BCUT2D eigenvalue weighted by Crippen LogP contribution is 2.44. The van der Waals surface area contributed by atoms with Gasteiger partial charge in [0.05, 0.1) is 11.4 Å². The molecule has 4 nitrogen and oxygen atoms in total. The number of thiophene rings is 1. The number of aryl methyl sites for hydroxylation is 2. The summed E-state index contributed by atoms with van der Waals surface area (Å²) in [6, 6.07) is 14.5. The second-order valence-electron chi connectivity index (χ2n) is 7.59. The normalized spacial score (nSPS) is 12.9. The number of benzene rings is 2. The van der Waals surface area contributed by atoms with E-state index < -0.39 is 11.7 Å². The Labute approximate surface area is 177 Å². The number of hydrogen-bond acceptors (Lipinski definition) is 4. The zero-order chi connectivity index (χ0) is 20.8. The lowest BCUT2D eigenvalue weighted by Gasteiger charge is -2.12. The average molecular weight is 418 g/mol.